The normalized spacial score (nSPS) is 10.5. The van der Waals surface area contributed by atoms with Gasteiger partial charge in [-0.05, 0) is 25.8 Å². The van der Waals surface area contributed by atoms with Crippen LogP contribution in [0, 0.1) is 10.1 Å². The second kappa shape index (κ2) is 8.11. The van der Waals surface area contributed by atoms with Crippen LogP contribution in [-0.2, 0) is 16.0 Å². The number of benzene rings is 1. The SMILES string of the molecule is CC(C)N(CCC(=O)O)C(=O)CCc1cccc([N+](=O)[O-])c1. The fourth-order valence-electron chi connectivity index (χ4n) is 2.11. The van der Waals surface area contributed by atoms with Crippen LogP contribution in [0.25, 0.3) is 0 Å². The fraction of sp³-hybridized carbons (Fsp3) is 0.467. The number of carbonyl (C=O) groups excluding carboxylic acids is 1. The zero-order valence-corrected chi connectivity index (χ0v) is 12.7. The van der Waals surface area contributed by atoms with Crippen molar-refractivity contribution in [1.82, 2.24) is 4.90 Å². The lowest BCUT2D eigenvalue weighted by Crippen LogP contribution is -2.38. The zero-order valence-electron chi connectivity index (χ0n) is 12.7. The van der Waals surface area contributed by atoms with Gasteiger partial charge >= 0.3 is 5.97 Å². The molecule has 0 saturated carbocycles. The number of hydrogen-bond acceptors (Lipinski definition) is 4. The Kier molecular flexibility index (Phi) is 6.49. The quantitative estimate of drug-likeness (QED) is 0.586. The smallest absolute Gasteiger partial charge is 0.305 e. The Labute approximate surface area is 128 Å². The minimum Gasteiger partial charge on any atom is -0.481 e. The molecule has 1 rings (SSSR count). The summed E-state index contributed by atoms with van der Waals surface area (Å²) >= 11 is 0. The highest BCUT2D eigenvalue weighted by molar-refractivity contribution is 5.77. The number of nitrogens with zero attached hydrogens (tertiary/aromatic N) is 2. The number of carboxylic acid groups (broad SMARTS) is 1. The number of hydrogen-bond donors (Lipinski definition) is 1. The van der Waals surface area contributed by atoms with Gasteiger partial charge in [0, 0.05) is 31.1 Å². The number of non-ortho nitro benzene ring substituents is 1. The Morgan fingerprint density at radius 1 is 1.32 bits per heavy atom. The van der Waals surface area contributed by atoms with Gasteiger partial charge < -0.3 is 10.0 Å². The van der Waals surface area contributed by atoms with Crippen LogP contribution in [0.4, 0.5) is 5.69 Å². The van der Waals surface area contributed by atoms with Crippen LogP contribution in [0.3, 0.4) is 0 Å². The summed E-state index contributed by atoms with van der Waals surface area (Å²) in [4.78, 5) is 34.6. The molecular weight excluding hydrogens is 288 g/mol. The number of aliphatic carboxylic acids is 1. The van der Waals surface area contributed by atoms with Gasteiger partial charge in [0.2, 0.25) is 5.91 Å². The van der Waals surface area contributed by atoms with Crippen LogP contribution in [0.5, 0.6) is 0 Å². The summed E-state index contributed by atoms with van der Waals surface area (Å²) in [6.45, 7) is 3.82. The van der Waals surface area contributed by atoms with Crippen molar-refractivity contribution in [3.05, 3.63) is 39.9 Å². The van der Waals surface area contributed by atoms with Crippen molar-refractivity contribution >= 4 is 17.6 Å². The third-order valence-corrected chi connectivity index (χ3v) is 3.26. The summed E-state index contributed by atoms with van der Waals surface area (Å²) < 4.78 is 0. The molecule has 0 aliphatic carbocycles. The second-order valence-corrected chi connectivity index (χ2v) is 5.25. The first kappa shape index (κ1) is 17.6. The molecule has 1 N–H and O–H groups in total. The third kappa shape index (κ3) is 5.51. The Morgan fingerprint density at radius 2 is 2.00 bits per heavy atom. The lowest BCUT2D eigenvalue weighted by atomic mass is 10.1. The van der Waals surface area contributed by atoms with Gasteiger partial charge in [0.15, 0.2) is 0 Å². The molecule has 120 valence electrons. The molecule has 0 radical (unpaired) electrons. The molecule has 1 amide bonds. The van der Waals surface area contributed by atoms with Crippen LogP contribution in [0.2, 0.25) is 0 Å². The molecule has 1 aromatic rings. The van der Waals surface area contributed by atoms with Crippen molar-refractivity contribution in [2.45, 2.75) is 39.2 Å². The molecule has 1 aromatic carbocycles. The van der Waals surface area contributed by atoms with Crippen molar-refractivity contribution < 1.29 is 19.6 Å². The van der Waals surface area contributed by atoms with Gasteiger partial charge in [0.05, 0.1) is 11.3 Å². The topological polar surface area (TPSA) is 101 Å². The third-order valence-electron chi connectivity index (χ3n) is 3.26. The Morgan fingerprint density at radius 3 is 2.55 bits per heavy atom. The lowest BCUT2D eigenvalue weighted by Gasteiger charge is -2.26. The molecule has 7 heteroatoms. The van der Waals surface area contributed by atoms with Crippen molar-refractivity contribution in [1.29, 1.82) is 0 Å². The summed E-state index contributed by atoms with van der Waals surface area (Å²) in [5.74, 6) is -1.10. The predicted octanol–water partition coefficient (Wildman–Crippen LogP) is 2.24. The average molecular weight is 308 g/mol. The minimum atomic E-state index is -0.947. The highest BCUT2D eigenvalue weighted by Gasteiger charge is 2.18. The van der Waals surface area contributed by atoms with Gasteiger partial charge in [-0.1, -0.05) is 12.1 Å². The number of rotatable bonds is 8. The van der Waals surface area contributed by atoms with Crippen LogP contribution in [0.1, 0.15) is 32.3 Å². The predicted molar refractivity (Wildman–Crippen MR) is 80.5 cm³/mol. The molecule has 0 bridgehead atoms. The maximum absolute atomic E-state index is 12.2. The molecule has 0 atom stereocenters. The van der Waals surface area contributed by atoms with Gasteiger partial charge in [-0.25, -0.2) is 0 Å². The first-order chi connectivity index (χ1) is 10.3. The second-order valence-electron chi connectivity index (χ2n) is 5.25. The van der Waals surface area contributed by atoms with Gasteiger partial charge in [-0.3, -0.25) is 19.7 Å². The van der Waals surface area contributed by atoms with Gasteiger partial charge in [0.1, 0.15) is 0 Å². The van der Waals surface area contributed by atoms with Crippen molar-refractivity contribution in [3.8, 4) is 0 Å². The summed E-state index contributed by atoms with van der Waals surface area (Å²) in [5.41, 5.74) is 0.709. The van der Waals surface area contributed by atoms with E-state index >= 15 is 0 Å². The van der Waals surface area contributed by atoms with E-state index in [0.29, 0.717) is 12.0 Å². The monoisotopic (exact) mass is 308 g/mol. The number of amides is 1. The van der Waals surface area contributed by atoms with E-state index in [1.165, 1.54) is 17.0 Å². The molecule has 0 aliphatic heterocycles. The average Bonchev–Trinajstić information content (AvgIpc) is 2.44. The first-order valence-electron chi connectivity index (χ1n) is 7.06. The maximum Gasteiger partial charge on any atom is 0.305 e. The number of nitro groups is 1. The zero-order chi connectivity index (χ0) is 16.7. The molecular formula is C15H20N2O5. The summed E-state index contributed by atoms with van der Waals surface area (Å²) in [6, 6.07) is 6.08. The highest BCUT2D eigenvalue weighted by atomic mass is 16.6. The largest absolute Gasteiger partial charge is 0.481 e. The van der Waals surface area contributed by atoms with Crippen molar-refractivity contribution in [3.63, 3.8) is 0 Å². The summed E-state index contributed by atoms with van der Waals surface area (Å²) in [5, 5.41) is 19.4. The van der Waals surface area contributed by atoms with E-state index in [1.54, 1.807) is 12.1 Å². The number of carboxylic acids is 1. The van der Waals surface area contributed by atoms with Crippen LogP contribution in [0.15, 0.2) is 24.3 Å². The molecule has 0 aliphatic rings. The van der Waals surface area contributed by atoms with Crippen molar-refractivity contribution in [2.75, 3.05) is 6.54 Å². The summed E-state index contributed by atoms with van der Waals surface area (Å²) in [7, 11) is 0. The van der Waals surface area contributed by atoms with Gasteiger partial charge in [-0.2, -0.15) is 0 Å². The molecule has 0 unspecified atom stereocenters. The Bertz CT molecular complexity index is 557. The molecule has 0 spiro atoms. The van der Waals surface area contributed by atoms with Crippen LogP contribution >= 0.6 is 0 Å². The molecule has 7 nitrogen and oxygen atoms in total. The van der Waals surface area contributed by atoms with E-state index in [4.69, 9.17) is 5.11 Å². The Hall–Kier alpha value is -2.44. The summed E-state index contributed by atoms with van der Waals surface area (Å²) in [6.07, 6.45) is 0.483. The minimum absolute atomic E-state index is 0.00320. The lowest BCUT2D eigenvalue weighted by molar-refractivity contribution is -0.384. The van der Waals surface area contributed by atoms with E-state index < -0.39 is 10.9 Å². The van der Waals surface area contributed by atoms with E-state index in [9.17, 15) is 19.7 Å². The maximum atomic E-state index is 12.2. The van der Waals surface area contributed by atoms with Crippen LogP contribution < -0.4 is 0 Å². The molecule has 0 saturated heterocycles. The van der Waals surface area contributed by atoms with Gasteiger partial charge in [0.25, 0.3) is 5.69 Å². The standard InChI is InChI=1S/C15H20N2O5/c1-11(2)16(9-8-15(19)20)14(18)7-6-12-4-3-5-13(10-12)17(21)22/h3-5,10-11H,6-9H2,1-2H3,(H,19,20). The number of aryl methyl sites for hydroxylation is 1. The molecule has 0 fully saturated rings. The molecule has 0 aromatic heterocycles. The van der Waals surface area contributed by atoms with Crippen molar-refractivity contribution in [2.24, 2.45) is 0 Å². The molecule has 22 heavy (non-hydrogen) atoms. The fourth-order valence-corrected chi connectivity index (χ4v) is 2.11. The first-order valence-corrected chi connectivity index (χ1v) is 7.06. The number of carbonyl (C=O) groups is 2. The number of nitro benzene ring substituents is 1. The van der Waals surface area contributed by atoms with E-state index in [0.717, 1.165) is 0 Å². The van der Waals surface area contributed by atoms with Crippen LogP contribution in [-0.4, -0.2) is 39.4 Å². The van der Waals surface area contributed by atoms with E-state index in [2.05, 4.69) is 0 Å². The Balaban J connectivity index is 2.64. The molecule has 0 heterocycles. The van der Waals surface area contributed by atoms with E-state index in [1.807, 2.05) is 13.8 Å². The highest BCUT2D eigenvalue weighted by Crippen LogP contribution is 2.15. The van der Waals surface area contributed by atoms with Gasteiger partial charge in [-0.15, -0.1) is 0 Å². The van der Waals surface area contributed by atoms with E-state index in [-0.39, 0.29) is 37.0 Å².